The van der Waals surface area contributed by atoms with E-state index in [-0.39, 0.29) is 17.7 Å². The monoisotopic (exact) mass is 394 g/mol. The van der Waals surface area contributed by atoms with Crippen LogP contribution in [0.5, 0.6) is 5.75 Å². The number of hydrogen-bond acceptors (Lipinski definition) is 3. The van der Waals surface area contributed by atoms with Crippen molar-refractivity contribution in [3.8, 4) is 5.75 Å². The van der Waals surface area contributed by atoms with Crippen LogP contribution < -0.4 is 5.32 Å². The van der Waals surface area contributed by atoms with Gasteiger partial charge in [-0.1, -0.05) is 23.2 Å². The van der Waals surface area contributed by atoms with Crippen LogP contribution in [-0.4, -0.2) is 42.6 Å². The van der Waals surface area contributed by atoms with Crippen molar-refractivity contribution in [1.29, 1.82) is 0 Å². The van der Waals surface area contributed by atoms with E-state index in [0.29, 0.717) is 22.2 Å². The lowest BCUT2D eigenvalue weighted by Gasteiger charge is -2.26. The van der Waals surface area contributed by atoms with Gasteiger partial charge in [-0.2, -0.15) is 0 Å². The molecular formula is C20H24Cl2N2O2. The van der Waals surface area contributed by atoms with Crippen LogP contribution in [0.25, 0.3) is 0 Å². The highest BCUT2D eigenvalue weighted by Gasteiger charge is 2.17. The highest BCUT2D eigenvalue weighted by molar-refractivity contribution is 6.42. The molecule has 1 unspecified atom stereocenters. The Morgan fingerprint density at radius 2 is 1.73 bits per heavy atom. The second kappa shape index (κ2) is 8.76. The molecule has 6 heteroatoms. The lowest BCUT2D eigenvalue weighted by Crippen LogP contribution is -2.41. The zero-order valence-corrected chi connectivity index (χ0v) is 16.9. The summed E-state index contributed by atoms with van der Waals surface area (Å²) in [6, 6.07) is 8.49. The third-order valence-electron chi connectivity index (χ3n) is 4.53. The Morgan fingerprint density at radius 3 is 2.27 bits per heavy atom. The molecule has 1 atom stereocenters. The molecular weight excluding hydrogens is 371 g/mol. The molecule has 1 amide bonds. The number of likely N-dealkylation sites (N-methyl/N-ethyl adjacent to an activating group) is 1. The molecule has 0 aliphatic carbocycles. The van der Waals surface area contributed by atoms with Crippen LogP contribution in [0, 0.1) is 13.8 Å². The highest BCUT2D eigenvalue weighted by Crippen LogP contribution is 2.24. The second-order valence-electron chi connectivity index (χ2n) is 6.72. The first-order valence-corrected chi connectivity index (χ1v) is 9.13. The number of carbonyl (C=O) groups is 1. The number of amides is 1. The molecule has 2 aromatic carbocycles. The molecule has 0 aliphatic heterocycles. The number of halogens is 2. The zero-order chi connectivity index (χ0) is 19.4. The van der Waals surface area contributed by atoms with Gasteiger partial charge in [-0.3, -0.25) is 4.79 Å². The molecule has 4 nitrogen and oxygen atoms in total. The van der Waals surface area contributed by atoms with Gasteiger partial charge in [0.25, 0.3) is 5.91 Å². The fraction of sp³-hybridized carbons (Fsp3) is 0.350. The number of benzene rings is 2. The minimum atomic E-state index is -0.186. The Labute approximate surface area is 164 Å². The third kappa shape index (κ3) is 5.13. The van der Waals surface area contributed by atoms with E-state index >= 15 is 0 Å². The average molecular weight is 395 g/mol. The molecule has 26 heavy (non-hydrogen) atoms. The first kappa shape index (κ1) is 20.6. The summed E-state index contributed by atoms with van der Waals surface area (Å²) in [6.45, 7) is 4.47. The Morgan fingerprint density at radius 1 is 1.12 bits per heavy atom. The number of carbonyl (C=O) groups excluding carboxylic acids is 1. The number of nitrogens with one attached hydrogen (secondary N) is 1. The van der Waals surface area contributed by atoms with Crippen LogP contribution in [0.3, 0.4) is 0 Å². The number of rotatable bonds is 6. The van der Waals surface area contributed by atoms with Crippen molar-refractivity contribution in [2.24, 2.45) is 0 Å². The number of hydrogen-bond donors (Lipinski definition) is 2. The average Bonchev–Trinajstić information content (AvgIpc) is 2.55. The Hall–Kier alpha value is -1.75. The number of aromatic hydroxyl groups is 1. The normalized spacial score (nSPS) is 12.3. The van der Waals surface area contributed by atoms with Crippen LogP contribution >= 0.6 is 23.2 Å². The summed E-state index contributed by atoms with van der Waals surface area (Å²) in [5.41, 5.74) is 3.76. The van der Waals surface area contributed by atoms with Gasteiger partial charge in [-0.15, -0.1) is 0 Å². The van der Waals surface area contributed by atoms with Crippen molar-refractivity contribution in [3.05, 3.63) is 62.6 Å². The molecule has 0 aliphatic rings. The molecule has 0 fully saturated rings. The minimum Gasteiger partial charge on any atom is -0.508 e. The molecule has 0 bridgehead atoms. The van der Waals surface area contributed by atoms with Crippen LogP contribution in [0.1, 0.15) is 27.0 Å². The van der Waals surface area contributed by atoms with Crippen LogP contribution in [-0.2, 0) is 6.42 Å². The summed E-state index contributed by atoms with van der Waals surface area (Å²) in [5, 5.41) is 13.5. The minimum absolute atomic E-state index is 0.115. The number of nitrogens with zero attached hydrogens (tertiary/aromatic N) is 1. The lowest BCUT2D eigenvalue weighted by molar-refractivity contribution is 0.0941. The summed E-state index contributed by atoms with van der Waals surface area (Å²) in [5.74, 6) is 0.0904. The van der Waals surface area contributed by atoms with Gasteiger partial charge in [0, 0.05) is 18.2 Å². The van der Waals surface area contributed by atoms with E-state index in [0.717, 1.165) is 17.5 Å². The van der Waals surface area contributed by atoms with Gasteiger partial charge in [-0.25, -0.2) is 0 Å². The molecule has 140 valence electrons. The van der Waals surface area contributed by atoms with Gasteiger partial charge in [-0.05, 0) is 81.4 Å². The van der Waals surface area contributed by atoms with E-state index < -0.39 is 0 Å². The van der Waals surface area contributed by atoms with Crippen molar-refractivity contribution >= 4 is 29.1 Å². The molecule has 0 spiro atoms. The van der Waals surface area contributed by atoms with E-state index in [1.54, 1.807) is 30.3 Å². The topological polar surface area (TPSA) is 52.6 Å². The molecule has 2 aromatic rings. The van der Waals surface area contributed by atoms with Gasteiger partial charge in [0.2, 0.25) is 0 Å². The van der Waals surface area contributed by atoms with E-state index in [1.807, 2.05) is 27.9 Å². The Kier molecular flexibility index (Phi) is 6.93. The van der Waals surface area contributed by atoms with Crippen LogP contribution in [0.15, 0.2) is 30.3 Å². The van der Waals surface area contributed by atoms with E-state index in [2.05, 4.69) is 10.2 Å². The smallest absolute Gasteiger partial charge is 0.251 e. The van der Waals surface area contributed by atoms with E-state index in [9.17, 15) is 9.90 Å². The summed E-state index contributed by atoms with van der Waals surface area (Å²) in [4.78, 5) is 14.5. The van der Waals surface area contributed by atoms with Crippen molar-refractivity contribution in [2.75, 3.05) is 20.6 Å². The molecule has 0 radical (unpaired) electrons. The fourth-order valence-corrected chi connectivity index (χ4v) is 3.21. The second-order valence-corrected chi connectivity index (χ2v) is 7.53. The van der Waals surface area contributed by atoms with E-state index in [1.165, 1.54) is 5.56 Å². The number of phenols is 1. The number of phenolic OH excluding ortho intramolecular Hbond substituents is 1. The Bertz CT molecular complexity index is 783. The summed E-state index contributed by atoms with van der Waals surface area (Å²) >= 11 is 11.9. The maximum atomic E-state index is 12.4. The van der Waals surface area contributed by atoms with Crippen LogP contribution in [0.4, 0.5) is 0 Å². The summed E-state index contributed by atoms with van der Waals surface area (Å²) in [7, 11) is 3.97. The molecule has 0 aromatic heterocycles. The fourth-order valence-electron chi connectivity index (χ4n) is 2.92. The molecule has 2 rings (SSSR count). The zero-order valence-electron chi connectivity index (χ0n) is 15.4. The molecule has 2 N–H and O–H groups in total. The predicted octanol–water partition coefficient (Wildman–Crippen LogP) is 4.22. The molecule has 0 saturated carbocycles. The van der Waals surface area contributed by atoms with Crippen LogP contribution in [0.2, 0.25) is 10.0 Å². The predicted molar refractivity (Wildman–Crippen MR) is 108 cm³/mol. The molecule has 0 heterocycles. The standard InChI is InChI=1S/C20H24Cl2N2O2/c1-12-7-16(25)8-13(2)17(12)10-15(24(3)4)11-23-20(26)14-5-6-18(21)19(22)9-14/h5-9,15,25H,10-11H2,1-4H3,(H,23,26). The van der Waals surface area contributed by atoms with Crippen molar-refractivity contribution < 1.29 is 9.90 Å². The van der Waals surface area contributed by atoms with Gasteiger partial charge in [0.15, 0.2) is 0 Å². The Balaban J connectivity index is 2.09. The maximum absolute atomic E-state index is 12.4. The van der Waals surface area contributed by atoms with Crippen molar-refractivity contribution in [2.45, 2.75) is 26.3 Å². The maximum Gasteiger partial charge on any atom is 0.251 e. The summed E-state index contributed by atoms with van der Waals surface area (Å²) in [6.07, 6.45) is 0.770. The van der Waals surface area contributed by atoms with Crippen molar-refractivity contribution in [3.63, 3.8) is 0 Å². The van der Waals surface area contributed by atoms with Gasteiger partial charge >= 0.3 is 0 Å². The SMILES string of the molecule is Cc1cc(O)cc(C)c1CC(CNC(=O)c1ccc(Cl)c(Cl)c1)N(C)C. The lowest BCUT2D eigenvalue weighted by atomic mass is 9.95. The van der Waals surface area contributed by atoms with Crippen molar-refractivity contribution in [1.82, 2.24) is 10.2 Å². The first-order chi connectivity index (χ1) is 12.2. The number of aryl methyl sites for hydroxylation is 2. The largest absolute Gasteiger partial charge is 0.508 e. The highest BCUT2D eigenvalue weighted by atomic mass is 35.5. The quantitative estimate of drug-likeness (QED) is 0.770. The first-order valence-electron chi connectivity index (χ1n) is 8.37. The van der Waals surface area contributed by atoms with E-state index in [4.69, 9.17) is 23.2 Å². The molecule has 0 saturated heterocycles. The van der Waals surface area contributed by atoms with Gasteiger partial charge < -0.3 is 15.3 Å². The summed E-state index contributed by atoms with van der Waals surface area (Å²) < 4.78 is 0. The third-order valence-corrected chi connectivity index (χ3v) is 5.27. The van der Waals surface area contributed by atoms with Gasteiger partial charge in [0.1, 0.15) is 5.75 Å². The van der Waals surface area contributed by atoms with Gasteiger partial charge in [0.05, 0.1) is 10.0 Å².